The van der Waals surface area contributed by atoms with Crippen molar-refractivity contribution < 1.29 is 9.47 Å². The van der Waals surface area contributed by atoms with Gasteiger partial charge in [0.05, 0.1) is 35.7 Å². The molecule has 2 aromatic carbocycles. The van der Waals surface area contributed by atoms with Gasteiger partial charge in [0.2, 0.25) is 0 Å². The van der Waals surface area contributed by atoms with Gasteiger partial charge in [-0.2, -0.15) is 5.10 Å². The van der Waals surface area contributed by atoms with Gasteiger partial charge in [-0.3, -0.25) is 5.43 Å². The van der Waals surface area contributed by atoms with Crippen LogP contribution in [0.2, 0.25) is 10.0 Å². The Hall–Kier alpha value is -1.91. The number of anilines is 1. The highest BCUT2D eigenvalue weighted by Gasteiger charge is 2.04. The smallest absolute Gasteiger partial charge is 0.161 e. The van der Waals surface area contributed by atoms with Gasteiger partial charge in [0.1, 0.15) is 0 Å². The first-order chi connectivity index (χ1) is 11.1. The van der Waals surface area contributed by atoms with E-state index in [1.807, 2.05) is 18.2 Å². The van der Waals surface area contributed by atoms with Gasteiger partial charge < -0.3 is 9.47 Å². The highest BCUT2D eigenvalue weighted by Crippen LogP contribution is 2.28. The summed E-state index contributed by atoms with van der Waals surface area (Å²) in [6, 6.07) is 10.9. The van der Waals surface area contributed by atoms with Gasteiger partial charge in [0.25, 0.3) is 0 Å². The summed E-state index contributed by atoms with van der Waals surface area (Å²) in [5.74, 6) is 1.40. The van der Waals surface area contributed by atoms with Crippen LogP contribution in [0.15, 0.2) is 41.5 Å². The van der Waals surface area contributed by atoms with Crippen LogP contribution in [0.3, 0.4) is 0 Å². The van der Waals surface area contributed by atoms with Crippen LogP contribution in [0.5, 0.6) is 11.5 Å². The molecular weight excluding hydrogens is 335 g/mol. The van der Waals surface area contributed by atoms with Crippen LogP contribution in [0.25, 0.3) is 0 Å². The lowest BCUT2D eigenvalue weighted by Crippen LogP contribution is -1.98. The van der Waals surface area contributed by atoms with Crippen molar-refractivity contribution in [3.05, 3.63) is 52.0 Å². The number of methoxy groups -OCH3 is 1. The maximum atomic E-state index is 5.95. The van der Waals surface area contributed by atoms with E-state index in [1.165, 1.54) is 0 Å². The zero-order valence-corrected chi connectivity index (χ0v) is 14.5. The fourth-order valence-electron chi connectivity index (χ4n) is 1.84. The van der Waals surface area contributed by atoms with Crippen molar-refractivity contribution in [2.24, 2.45) is 5.10 Å². The van der Waals surface area contributed by atoms with Crippen LogP contribution in [0.1, 0.15) is 18.9 Å². The van der Waals surface area contributed by atoms with E-state index in [-0.39, 0.29) is 0 Å². The lowest BCUT2D eigenvalue weighted by atomic mass is 10.2. The second kappa shape index (κ2) is 8.65. The first kappa shape index (κ1) is 17.4. The van der Waals surface area contributed by atoms with Gasteiger partial charge in [-0.1, -0.05) is 30.1 Å². The van der Waals surface area contributed by atoms with Gasteiger partial charge in [-0.05, 0) is 48.4 Å². The number of ether oxygens (including phenoxy) is 2. The van der Waals surface area contributed by atoms with Crippen LogP contribution in [0.4, 0.5) is 5.69 Å². The molecule has 2 aromatic rings. The third-order valence-electron chi connectivity index (χ3n) is 2.98. The predicted molar refractivity (Wildman–Crippen MR) is 96.5 cm³/mol. The molecule has 2 rings (SSSR count). The van der Waals surface area contributed by atoms with Gasteiger partial charge in [0.15, 0.2) is 11.5 Å². The van der Waals surface area contributed by atoms with Crippen molar-refractivity contribution in [1.29, 1.82) is 0 Å². The van der Waals surface area contributed by atoms with Crippen LogP contribution in [-0.4, -0.2) is 19.9 Å². The molecule has 0 saturated heterocycles. The Bertz CT molecular complexity index is 690. The Morgan fingerprint density at radius 3 is 2.61 bits per heavy atom. The molecule has 0 fully saturated rings. The molecular formula is C17H18Cl2N2O2. The number of benzene rings is 2. The maximum Gasteiger partial charge on any atom is 0.161 e. The van der Waals surface area contributed by atoms with Crippen molar-refractivity contribution in [2.45, 2.75) is 13.3 Å². The van der Waals surface area contributed by atoms with E-state index in [1.54, 1.807) is 31.5 Å². The Balaban J connectivity index is 2.05. The van der Waals surface area contributed by atoms with Crippen molar-refractivity contribution >= 4 is 35.1 Å². The molecule has 0 aliphatic heterocycles. The van der Waals surface area contributed by atoms with Crippen LogP contribution in [-0.2, 0) is 0 Å². The third-order valence-corrected chi connectivity index (χ3v) is 3.72. The number of hydrazone groups is 1. The number of halogens is 2. The summed E-state index contributed by atoms with van der Waals surface area (Å²) < 4.78 is 11.0. The summed E-state index contributed by atoms with van der Waals surface area (Å²) in [7, 11) is 1.61. The molecule has 0 spiro atoms. The quantitative estimate of drug-likeness (QED) is 0.547. The highest BCUT2D eigenvalue weighted by atomic mass is 35.5. The molecule has 0 aliphatic rings. The van der Waals surface area contributed by atoms with Gasteiger partial charge in [-0.25, -0.2) is 0 Å². The third kappa shape index (κ3) is 5.05. The lowest BCUT2D eigenvalue weighted by molar-refractivity contribution is 0.294. The Kier molecular flexibility index (Phi) is 6.56. The zero-order valence-electron chi connectivity index (χ0n) is 13.0. The molecule has 6 heteroatoms. The molecule has 0 atom stereocenters. The van der Waals surface area contributed by atoms with E-state index >= 15 is 0 Å². The summed E-state index contributed by atoms with van der Waals surface area (Å²) >= 11 is 11.8. The monoisotopic (exact) mass is 352 g/mol. The molecule has 0 heterocycles. The fourth-order valence-corrected chi connectivity index (χ4v) is 2.14. The Morgan fingerprint density at radius 1 is 1.09 bits per heavy atom. The maximum absolute atomic E-state index is 5.95. The van der Waals surface area contributed by atoms with Crippen LogP contribution < -0.4 is 14.9 Å². The minimum atomic E-state index is 0.478. The largest absolute Gasteiger partial charge is 0.493 e. The number of nitrogens with zero attached hydrogens (tertiary/aromatic N) is 1. The molecule has 1 N–H and O–H groups in total. The molecule has 0 aliphatic carbocycles. The second-order valence-corrected chi connectivity index (χ2v) is 5.57. The van der Waals surface area contributed by atoms with E-state index in [0.29, 0.717) is 22.4 Å². The van der Waals surface area contributed by atoms with Crippen molar-refractivity contribution in [1.82, 2.24) is 0 Å². The van der Waals surface area contributed by atoms with E-state index < -0.39 is 0 Å². The molecule has 0 amide bonds. The van der Waals surface area contributed by atoms with Crippen molar-refractivity contribution in [3.63, 3.8) is 0 Å². The summed E-state index contributed by atoms with van der Waals surface area (Å²) in [5, 5.41) is 5.16. The number of nitrogens with one attached hydrogen (secondary N) is 1. The molecule has 0 saturated carbocycles. The average molecular weight is 353 g/mol. The molecule has 122 valence electrons. The highest BCUT2D eigenvalue weighted by molar-refractivity contribution is 6.42. The summed E-state index contributed by atoms with van der Waals surface area (Å²) in [4.78, 5) is 0. The predicted octanol–water partition coefficient (Wildman–Crippen LogP) is 5.24. The standard InChI is InChI=1S/C17H18Cl2N2O2/c1-3-8-23-16-7-4-12(9-17(16)22-2)11-20-21-13-5-6-14(18)15(19)10-13/h4-7,9-11,21H,3,8H2,1-2H3. The van der Waals surface area contributed by atoms with Gasteiger partial charge in [-0.15, -0.1) is 0 Å². The first-order valence-corrected chi connectivity index (χ1v) is 7.94. The zero-order chi connectivity index (χ0) is 16.7. The minimum absolute atomic E-state index is 0.478. The van der Waals surface area contributed by atoms with E-state index in [9.17, 15) is 0 Å². The SMILES string of the molecule is CCCOc1ccc(C=NNc2ccc(Cl)c(Cl)c2)cc1OC. The first-order valence-electron chi connectivity index (χ1n) is 7.19. The van der Waals surface area contributed by atoms with E-state index in [4.69, 9.17) is 32.7 Å². The number of hydrogen-bond donors (Lipinski definition) is 1. The van der Waals surface area contributed by atoms with Crippen LogP contribution >= 0.6 is 23.2 Å². The summed E-state index contributed by atoms with van der Waals surface area (Å²) in [5.41, 5.74) is 4.54. The second-order valence-electron chi connectivity index (χ2n) is 4.76. The molecule has 4 nitrogen and oxygen atoms in total. The average Bonchev–Trinajstić information content (AvgIpc) is 2.56. The number of rotatable bonds is 7. The van der Waals surface area contributed by atoms with E-state index in [2.05, 4.69) is 17.5 Å². The molecule has 0 bridgehead atoms. The fraction of sp³-hybridized carbons (Fsp3) is 0.235. The molecule has 23 heavy (non-hydrogen) atoms. The Morgan fingerprint density at radius 2 is 1.91 bits per heavy atom. The normalized spacial score (nSPS) is 10.8. The van der Waals surface area contributed by atoms with E-state index in [0.717, 1.165) is 23.4 Å². The Labute approximate surface area is 146 Å². The van der Waals surface area contributed by atoms with Crippen molar-refractivity contribution in [2.75, 3.05) is 19.1 Å². The topological polar surface area (TPSA) is 42.8 Å². The molecule has 0 unspecified atom stereocenters. The summed E-state index contributed by atoms with van der Waals surface area (Å²) in [6.45, 7) is 2.71. The molecule has 0 aromatic heterocycles. The van der Waals surface area contributed by atoms with Gasteiger partial charge in [0, 0.05) is 0 Å². The van der Waals surface area contributed by atoms with Crippen LogP contribution in [0, 0.1) is 0 Å². The van der Waals surface area contributed by atoms with Gasteiger partial charge >= 0.3 is 0 Å². The number of hydrogen-bond acceptors (Lipinski definition) is 4. The molecule has 0 radical (unpaired) electrons. The minimum Gasteiger partial charge on any atom is -0.493 e. The summed E-state index contributed by atoms with van der Waals surface area (Å²) in [6.07, 6.45) is 2.63. The van der Waals surface area contributed by atoms with Crippen molar-refractivity contribution in [3.8, 4) is 11.5 Å². The lowest BCUT2D eigenvalue weighted by Gasteiger charge is -2.10.